The highest BCUT2D eigenvalue weighted by molar-refractivity contribution is 8.59. The predicted molar refractivity (Wildman–Crippen MR) is 32.7 cm³/mol. The number of hydrogen-bond acceptors (Lipinski definition) is 2. The molecule has 0 saturated heterocycles. The molecular weight excluding hydrogens is 141 g/mol. The average Bonchev–Trinajstić information content (AvgIpc) is 0.722. The zero-order valence-corrected chi connectivity index (χ0v) is 5.51. The molecule has 3 nitrogen and oxygen atoms in total. The molecular formula is H6NO2PS2. The first-order chi connectivity index (χ1) is 2.00. The first kappa shape index (κ1) is 9.99. The van der Waals surface area contributed by atoms with E-state index in [2.05, 4.69) is 24.1 Å². The van der Waals surface area contributed by atoms with Crippen LogP contribution in [0.5, 0.6) is 0 Å². The lowest BCUT2D eigenvalue weighted by Gasteiger charge is -1.88. The number of rotatable bonds is 0. The van der Waals surface area contributed by atoms with Gasteiger partial charge in [-0.15, -0.1) is 0 Å². The second-order valence-electron chi connectivity index (χ2n) is 0.513. The molecule has 0 aromatic carbocycles. The van der Waals surface area contributed by atoms with Crippen molar-refractivity contribution in [3.05, 3.63) is 0 Å². The van der Waals surface area contributed by atoms with E-state index in [1.54, 1.807) is 0 Å². The lowest BCUT2D eigenvalue weighted by Crippen LogP contribution is -1.53. The van der Waals surface area contributed by atoms with Crippen LogP contribution in [0.2, 0.25) is 0 Å². The van der Waals surface area contributed by atoms with Gasteiger partial charge in [-0.2, -0.15) is 0 Å². The fourth-order valence-corrected chi connectivity index (χ4v) is 0. The molecule has 0 unspecified atom stereocenters. The second-order valence-corrected chi connectivity index (χ2v) is 5.55. The summed E-state index contributed by atoms with van der Waals surface area (Å²) in [5.41, 5.74) is -3.11. The molecule has 40 valence electrons. The van der Waals surface area contributed by atoms with E-state index in [1.807, 2.05) is 0 Å². The van der Waals surface area contributed by atoms with Crippen LogP contribution in [0.25, 0.3) is 0 Å². The minimum atomic E-state index is -3.11. The average molecular weight is 147 g/mol. The molecule has 0 fully saturated rings. The van der Waals surface area contributed by atoms with Crippen LogP contribution in [0.1, 0.15) is 0 Å². The molecule has 0 spiro atoms. The molecule has 0 radical (unpaired) electrons. The van der Waals surface area contributed by atoms with E-state index in [9.17, 15) is 0 Å². The van der Waals surface area contributed by atoms with Crippen molar-refractivity contribution in [2.24, 2.45) is 0 Å². The Morgan fingerprint density at radius 1 is 1.50 bits per heavy atom. The molecule has 0 bridgehead atoms. The zero-order chi connectivity index (χ0) is 4.50. The van der Waals surface area contributed by atoms with Crippen LogP contribution in [0, 0.1) is 0 Å². The molecule has 0 amide bonds. The van der Waals surface area contributed by atoms with Gasteiger partial charge >= 0.3 is 0 Å². The van der Waals surface area contributed by atoms with Crippen LogP contribution in [-0.4, -0.2) is 9.79 Å². The van der Waals surface area contributed by atoms with Gasteiger partial charge in [0.05, 0.1) is 0 Å². The third-order valence-corrected chi connectivity index (χ3v) is 0. The van der Waals surface area contributed by atoms with Crippen molar-refractivity contribution >= 4 is 29.7 Å². The largest absolute Gasteiger partial charge is 0.344 e. The van der Waals surface area contributed by atoms with Gasteiger partial charge in [-0.3, -0.25) is 0 Å². The molecule has 0 aliphatic heterocycles. The Labute approximate surface area is 46.3 Å². The smallest absolute Gasteiger partial charge is 0.239 e. The standard InChI is InChI=1S/H3N.H3O2PS2/c;1-3(2,4)5/h1H3;(H3,1,2,4,5). The normalized spacial score (nSPS) is 9.83. The summed E-state index contributed by atoms with van der Waals surface area (Å²) >= 11 is 7.07. The minimum Gasteiger partial charge on any atom is -0.344 e. The van der Waals surface area contributed by atoms with Crippen molar-refractivity contribution < 1.29 is 9.79 Å². The number of hydrogen-bond donors (Lipinski definition) is 4. The molecule has 5 N–H and O–H groups in total. The first-order valence-electron chi connectivity index (χ1n) is 0.783. The van der Waals surface area contributed by atoms with Gasteiger partial charge in [0.15, 0.2) is 0 Å². The lowest BCUT2D eigenvalue weighted by molar-refractivity contribution is 0.503. The van der Waals surface area contributed by atoms with E-state index >= 15 is 0 Å². The fourth-order valence-electron chi connectivity index (χ4n) is 0. The van der Waals surface area contributed by atoms with Gasteiger partial charge in [-0.05, 0) is 11.8 Å². The Morgan fingerprint density at radius 2 is 1.50 bits per heavy atom. The van der Waals surface area contributed by atoms with Crippen LogP contribution in [0.15, 0.2) is 0 Å². The van der Waals surface area contributed by atoms with Crippen LogP contribution in [-0.2, 0) is 11.8 Å². The van der Waals surface area contributed by atoms with Gasteiger partial charge in [0.1, 0.15) is 0 Å². The van der Waals surface area contributed by atoms with Crippen molar-refractivity contribution in [3.63, 3.8) is 0 Å². The summed E-state index contributed by atoms with van der Waals surface area (Å²) in [6.45, 7) is 0. The quantitative estimate of drug-likeness (QED) is 0.293. The molecule has 0 aliphatic rings. The van der Waals surface area contributed by atoms with Crippen molar-refractivity contribution in [2.75, 3.05) is 0 Å². The summed E-state index contributed by atoms with van der Waals surface area (Å²) in [6.07, 6.45) is 0. The molecule has 6 heteroatoms. The van der Waals surface area contributed by atoms with Gasteiger partial charge in [-0.1, -0.05) is 12.2 Å². The molecule has 0 atom stereocenters. The molecule has 6 heavy (non-hydrogen) atoms. The van der Waals surface area contributed by atoms with Gasteiger partial charge in [0.25, 0.3) is 0 Å². The van der Waals surface area contributed by atoms with Crippen molar-refractivity contribution in [3.8, 4) is 0 Å². The minimum absolute atomic E-state index is 0. The van der Waals surface area contributed by atoms with Crippen LogP contribution >= 0.6 is 17.9 Å². The van der Waals surface area contributed by atoms with E-state index < -0.39 is 5.69 Å². The Bertz CT molecular complexity index is 57.7. The summed E-state index contributed by atoms with van der Waals surface area (Å²) in [5, 5.41) is 0. The van der Waals surface area contributed by atoms with E-state index in [1.165, 1.54) is 0 Å². The third-order valence-electron chi connectivity index (χ3n) is 0. The number of thiol groups is 1. The monoisotopic (exact) mass is 147 g/mol. The summed E-state index contributed by atoms with van der Waals surface area (Å²) in [7, 11) is 0. The summed E-state index contributed by atoms with van der Waals surface area (Å²) in [4.78, 5) is 15.7. The maximum absolute atomic E-state index is 7.87. The SMILES string of the molecule is N.OP(O)(=S)S. The third kappa shape index (κ3) is 94.9. The van der Waals surface area contributed by atoms with Crippen molar-refractivity contribution in [2.45, 2.75) is 0 Å². The molecule has 0 aromatic heterocycles. The van der Waals surface area contributed by atoms with E-state index in [-0.39, 0.29) is 6.15 Å². The van der Waals surface area contributed by atoms with E-state index in [0.717, 1.165) is 0 Å². The van der Waals surface area contributed by atoms with Gasteiger partial charge in [-0.25, -0.2) is 0 Å². The highest BCUT2D eigenvalue weighted by Crippen LogP contribution is 2.39. The second kappa shape index (κ2) is 2.96. The summed E-state index contributed by atoms with van der Waals surface area (Å²) in [5.74, 6) is 0. The van der Waals surface area contributed by atoms with Gasteiger partial charge in [0.2, 0.25) is 5.69 Å². The maximum atomic E-state index is 7.87. The molecule has 0 rings (SSSR count). The van der Waals surface area contributed by atoms with Gasteiger partial charge < -0.3 is 15.9 Å². The molecule has 0 saturated carbocycles. The summed E-state index contributed by atoms with van der Waals surface area (Å²) in [6, 6.07) is 0. The van der Waals surface area contributed by atoms with Crippen LogP contribution in [0.3, 0.4) is 0 Å². The highest BCUT2D eigenvalue weighted by Gasteiger charge is 1.90. The molecule has 0 heterocycles. The Hall–Kier alpha value is 0.880. The van der Waals surface area contributed by atoms with Crippen LogP contribution in [0.4, 0.5) is 0 Å². The fraction of sp³-hybridized carbons (Fsp3) is 0. The predicted octanol–water partition coefficient (Wildman–Crippen LogP) is 0.287. The van der Waals surface area contributed by atoms with E-state index in [0.29, 0.717) is 0 Å². The Kier molecular flexibility index (Phi) is 4.92. The first-order valence-corrected chi connectivity index (χ1v) is 4.64. The van der Waals surface area contributed by atoms with Crippen molar-refractivity contribution in [1.82, 2.24) is 6.15 Å². The topological polar surface area (TPSA) is 75.5 Å². The van der Waals surface area contributed by atoms with Gasteiger partial charge in [0, 0.05) is 0 Å². The van der Waals surface area contributed by atoms with E-state index in [4.69, 9.17) is 9.79 Å². The van der Waals surface area contributed by atoms with Crippen molar-refractivity contribution in [1.29, 1.82) is 0 Å². The highest BCUT2D eigenvalue weighted by atomic mass is 32.9. The molecule has 0 aromatic rings. The maximum Gasteiger partial charge on any atom is 0.239 e. The Balaban J connectivity index is 0. The Morgan fingerprint density at radius 3 is 1.50 bits per heavy atom. The summed E-state index contributed by atoms with van der Waals surface area (Å²) < 4.78 is 0. The zero-order valence-electron chi connectivity index (χ0n) is 2.90. The van der Waals surface area contributed by atoms with Crippen LogP contribution < -0.4 is 6.15 Å². The molecule has 0 aliphatic carbocycles. The lowest BCUT2D eigenvalue weighted by atomic mass is 14.0.